The van der Waals surface area contributed by atoms with Crippen LogP contribution in [0.2, 0.25) is 0 Å². The molecule has 1 unspecified atom stereocenters. The van der Waals surface area contributed by atoms with Crippen LogP contribution >= 0.6 is 0 Å². The van der Waals surface area contributed by atoms with E-state index in [-0.39, 0.29) is 0 Å². The van der Waals surface area contributed by atoms with Crippen LogP contribution in [0.25, 0.3) is 0 Å². The van der Waals surface area contributed by atoms with Crippen LogP contribution in [0.3, 0.4) is 0 Å². The van der Waals surface area contributed by atoms with Crippen molar-refractivity contribution in [2.75, 3.05) is 46.5 Å². The van der Waals surface area contributed by atoms with E-state index < -0.39 is 0 Å². The minimum Gasteiger partial charge on any atom is -0.496 e. The van der Waals surface area contributed by atoms with Gasteiger partial charge in [-0.05, 0) is 18.9 Å². The smallest absolute Gasteiger partial charge is 0.191 e. The van der Waals surface area contributed by atoms with Crippen LogP contribution in [-0.4, -0.2) is 63.4 Å². The Morgan fingerprint density at radius 3 is 2.62 bits per heavy atom. The number of methoxy groups -OCH3 is 1. The number of aliphatic imine (C=N–C) groups is 1. The number of nitrogens with one attached hydrogen (secondary N) is 2. The molecule has 146 valence electrons. The average Bonchev–Trinajstić information content (AvgIpc) is 2.67. The van der Waals surface area contributed by atoms with Gasteiger partial charge in [0.2, 0.25) is 0 Å². The summed E-state index contributed by atoms with van der Waals surface area (Å²) in [4.78, 5) is 7.26. The first kappa shape index (κ1) is 20.5. The first-order valence-corrected chi connectivity index (χ1v) is 9.61. The van der Waals surface area contributed by atoms with Gasteiger partial charge in [0, 0.05) is 37.8 Å². The second-order valence-corrected chi connectivity index (χ2v) is 6.85. The Balaban J connectivity index is 1.99. The van der Waals surface area contributed by atoms with Crippen molar-refractivity contribution in [2.45, 2.75) is 33.4 Å². The number of hydrogen-bond acceptors (Lipinski definition) is 4. The number of rotatable bonds is 8. The van der Waals surface area contributed by atoms with Crippen LogP contribution in [0.1, 0.15) is 26.3 Å². The van der Waals surface area contributed by atoms with Gasteiger partial charge in [-0.1, -0.05) is 32.0 Å². The molecule has 0 bridgehead atoms. The fourth-order valence-electron chi connectivity index (χ4n) is 3.24. The topological polar surface area (TPSA) is 58.1 Å². The van der Waals surface area contributed by atoms with Gasteiger partial charge in [-0.15, -0.1) is 0 Å². The van der Waals surface area contributed by atoms with Gasteiger partial charge in [0.1, 0.15) is 5.75 Å². The number of para-hydroxylation sites is 1. The summed E-state index contributed by atoms with van der Waals surface area (Å²) in [7, 11) is 1.70. The summed E-state index contributed by atoms with van der Waals surface area (Å²) in [6, 6.07) is 8.48. The Labute approximate surface area is 158 Å². The van der Waals surface area contributed by atoms with Crippen LogP contribution in [0, 0.1) is 5.92 Å². The third-order valence-corrected chi connectivity index (χ3v) is 4.71. The summed E-state index contributed by atoms with van der Waals surface area (Å²) < 4.78 is 10.9. The van der Waals surface area contributed by atoms with Gasteiger partial charge in [-0.25, -0.2) is 4.99 Å². The molecule has 0 aromatic heterocycles. The summed E-state index contributed by atoms with van der Waals surface area (Å²) in [6.45, 7) is 12.6. The molecule has 26 heavy (non-hydrogen) atoms. The van der Waals surface area contributed by atoms with Gasteiger partial charge in [0.25, 0.3) is 0 Å². The normalized spacial score (nSPS) is 17.2. The summed E-state index contributed by atoms with van der Waals surface area (Å²) >= 11 is 0. The Morgan fingerprint density at radius 1 is 1.23 bits per heavy atom. The fourth-order valence-corrected chi connectivity index (χ4v) is 3.24. The van der Waals surface area contributed by atoms with Crippen LogP contribution in [0.5, 0.6) is 5.75 Å². The highest BCUT2D eigenvalue weighted by Gasteiger charge is 2.23. The highest BCUT2D eigenvalue weighted by molar-refractivity contribution is 5.79. The molecule has 0 aliphatic carbocycles. The lowest BCUT2D eigenvalue weighted by Gasteiger charge is -2.37. The van der Waals surface area contributed by atoms with E-state index in [0.717, 1.165) is 56.7 Å². The molecule has 6 nitrogen and oxygen atoms in total. The van der Waals surface area contributed by atoms with Crippen molar-refractivity contribution in [3.05, 3.63) is 29.8 Å². The maximum Gasteiger partial charge on any atom is 0.191 e. The maximum atomic E-state index is 5.49. The van der Waals surface area contributed by atoms with E-state index >= 15 is 0 Å². The molecule has 0 saturated carbocycles. The Morgan fingerprint density at radius 2 is 1.96 bits per heavy atom. The SMILES string of the molecule is CCNC(=NCc1ccccc1OC)NCC(C(C)C)N1CCOCC1. The van der Waals surface area contributed by atoms with E-state index in [9.17, 15) is 0 Å². The van der Waals surface area contributed by atoms with Crippen molar-refractivity contribution in [2.24, 2.45) is 10.9 Å². The van der Waals surface area contributed by atoms with E-state index in [0.29, 0.717) is 18.5 Å². The minimum atomic E-state index is 0.467. The lowest BCUT2D eigenvalue weighted by molar-refractivity contribution is 0.00752. The molecule has 1 aliphatic rings. The fraction of sp³-hybridized carbons (Fsp3) is 0.650. The molecular formula is C20H34N4O2. The number of ether oxygens (including phenoxy) is 2. The van der Waals surface area contributed by atoms with E-state index in [1.54, 1.807) is 7.11 Å². The molecule has 1 aromatic rings. The zero-order valence-electron chi connectivity index (χ0n) is 16.6. The van der Waals surface area contributed by atoms with Crippen LogP contribution in [0.4, 0.5) is 0 Å². The van der Waals surface area contributed by atoms with Gasteiger partial charge >= 0.3 is 0 Å². The van der Waals surface area contributed by atoms with Crippen LogP contribution in [0.15, 0.2) is 29.3 Å². The second-order valence-electron chi connectivity index (χ2n) is 6.85. The summed E-state index contributed by atoms with van der Waals surface area (Å²) in [6.07, 6.45) is 0. The molecule has 2 N–H and O–H groups in total. The predicted octanol–water partition coefficient (Wildman–Crippen LogP) is 2.11. The van der Waals surface area contributed by atoms with E-state index in [2.05, 4.69) is 42.4 Å². The lowest BCUT2D eigenvalue weighted by Crippen LogP contribution is -2.52. The first-order chi connectivity index (χ1) is 12.7. The summed E-state index contributed by atoms with van der Waals surface area (Å²) in [5.41, 5.74) is 1.08. The number of guanidine groups is 1. The van der Waals surface area contributed by atoms with Gasteiger partial charge in [-0.3, -0.25) is 4.90 Å². The number of benzene rings is 1. The highest BCUT2D eigenvalue weighted by Crippen LogP contribution is 2.18. The van der Waals surface area contributed by atoms with Crippen LogP contribution < -0.4 is 15.4 Å². The van der Waals surface area contributed by atoms with Gasteiger partial charge in [0.15, 0.2) is 5.96 Å². The van der Waals surface area contributed by atoms with E-state index in [1.807, 2.05) is 18.2 Å². The van der Waals surface area contributed by atoms with Gasteiger partial charge in [0.05, 0.1) is 26.9 Å². The number of nitrogens with zero attached hydrogens (tertiary/aromatic N) is 2. The predicted molar refractivity (Wildman–Crippen MR) is 107 cm³/mol. The average molecular weight is 363 g/mol. The van der Waals surface area contributed by atoms with Crippen molar-refractivity contribution >= 4 is 5.96 Å². The largest absolute Gasteiger partial charge is 0.496 e. The molecule has 0 spiro atoms. The van der Waals surface area contributed by atoms with Crippen LogP contribution in [-0.2, 0) is 11.3 Å². The zero-order chi connectivity index (χ0) is 18.8. The molecule has 0 radical (unpaired) electrons. The highest BCUT2D eigenvalue weighted by atomic mass is 16.5. The Kier molecular flexibility index (Phi) is 8.71. The van der Waals surface area contributed by atoms with Gasteiger partial charge < -0.3 is 20.1 Å². The van der Waals surface area contributed by atoms with E-state index in [4.69, 9.17) is 14.5 Å². The molecule has 1 atom stereocenters. The molecule has 1 fully saturated rings. The molecule has 0 amide bonds. The Hall–Kier alpha value is -1.79. The molecule has 2 rings (SSSR count). The molecule has 1 aliphatic heterocycles. The molecule has 1 heterocycles. The summed E-state index contributed by atoms with van der Waals surface area (Å²) in [5, 5.41) is 6.87. The van der Waals surface area contributed by atoms with Crippen molar-refractivity contribution in [3.8, 4) is 5.75 Å². The quantitative estimate of drug-likeness (QED) is 0.548. The lowest BCUT2D eigenvalue weighted by atomic mass is 10.0. The van der Waals surface area contributed by atoms with Crippen molar-refractivity contribution in [3.63, 3.8) is 0 Å². The number of morpholine rings is 1. The van der Waals surface area contributed by atoms with Crippen molar-refractivity contribution in [1.82, 2.24) is 15.5 Å². The number of hydrogen-bond donors (Lipinski definition) is 2. The zero-order valence-corrected chi connectivity index (χ0v) is 16.6. The third-order valence-electron chi connectivity index (χ3n) is 4.71. The molecular weight excluding hydrogens is 328 g/mol. The second kappa shape index (κ2) is 11.0. The standard InChI is InChI=1S/C20H34N4O2/c1-5-21-20(22-14-17-8-6-7-9-19(17)25-4)23-15-18(16(2)3)24-10-12-26-13-11-24/h6-9,16,18H,5,10-15H2,1-4H3,(H2,21,22,23). The van der Waals surface area contributed by atoms with Crippen molar-refractivity contribution in [1.29, 1.82) is 0 Å². The van der Waals surface area contributed by atoms with E-state index in [1.165, 1.54) is 0 Å². The molecule has 1 saturated heterocycles. The Bertz CT molecular complexity index is 556. The van der Waals surface area contributed by atoms with Crippen molar-refractivity contribution < 1.29 is 9.47 Å². The molecule has 1 aromatic carbocycles. The summed E-state index contributed by atoms with van der Waals surface area (Å²) in [5.74, 6) is 2.29. The first-order valence-electron chi connectivity index (χ1n) is 9.61. The third kappa shape index (κ3) is 6.18. The molecule has 6 heteroatoms. The maximum absolute atomic E-state index is 5.49. The minimum absolute atomic E-state index is 0.467. The van der Waals surface area contributed by atoms with Gasteiger partial charge in [-0.2, -0.15) is 0 Å². The monoisotopic (exact) mass is 362 g/mol.